The molecule has 0 saturated carbocycles. The zero-order chi connectivity index (χ0) is 13.7. The topological polar surface area (TPSA) is 87.7 Å². The molecule has 1 heterocycles. The summed E-state index contributed by atoms with van der Waals surface area (Å²) < 4.78 is 4.69. The lowest BCUT2D eigenvalue weighted by atomic mass is 10.4. The number of hydrogen-bond acceptors (Lipinski definition) is 4. The molecule has 0 aliphatic carbocycles. The maximum absolute atomic E-state index is 11.5. The Morgan fingerprint density at radius 1 is 1.61 bits per heavy atom. The highest BCUT2D eigenvalue weighted by molar-refractivity contribution is 5.89. The second-order valence-electron chi connectivity index (χ2n) is 4.03. The van der Waals surface area contributed by atoms with E-state index in [4.69, 9.17) is 0 Å². The molecule has 7 nitrogen and oxygen atoms in total. The van der Waals surface area contributed by atoms with Crippen molar-refractivity contribution in [3.63, 3.8) is 0 Å². The lowest BCUT2D eigenvalue weighted by molar-refractivity contribution is -0.145. The molecule has 18 heavy (non-hydrogen) atoms. The molecular formula is C11H17N3O4. The molecule has 7 heteroatoms. The fraction of sp³-hybridized carbons (Fsp3) is 0.545. The number of nitrogens with zero attached hydrogens (tertiary/aromatic N) is 1. The largest absolute Gasteiger partial charge is 0.452 e. The summed E-state index contributed by atoms with van der Waals surface area (Å²) in [6.07, 6.45) is -0.441. The van der Waals surface area contributed by atoms with Crippen LogP contribution >= 0.6 is 0 Å². The van der Waals surface area contributed by atoms with Crippen molar-refractivity contribution in [3.05, 3.63) is 12.2 Å². The highest BCUT2D eigenvalue weighted by atomic mass is 16.5. The summed E-state index contributed by atoms with van der Waals surface area (Å²) in [4.78, 5) is 35.3. The van der Waals surface area contributed by atoms with Crippen LogP contribution in [-0.4, -0.2) is 48.7 Å². The lowest BCUT2D eigenvalue weighted by Crippen LogP contribution is -2.48. The van der Waals surface area contributed by atoms with Crippen LogP contribution in [0.15, 0.2) is 12.2 Å². The highest BCUT2D eigenvalue weighted by Crippen LogP contribution is 2.01. The number of carbonyl (C=O) groups excluding carboxylic acids is 3. The molecule has 1 rings (SSSR count). The van der Waals surface area contributed by atoms with Crippen LogP contribution in [0.2, 0.25) is 0 Å². The first kappa shape index (κ1) is 14.0. The number of rotatable bonds is 5. The molecule has 0 spiro atoms. The molecule has 1 saturated heterocycles. The van der Waals surface area contributed by atoms with Crippen LogP contribution < -0.4 is 10.6 Å². The second-order valence-corrected chi connectivity index (χ2v) is 4.03. The molecule has 2 N–H and O–H groups in total. The molecule has 3 amide bonds. The van der Waals surface area contributed by atoms with Crippen molar-refractivity contribution >= 4 is 17.9 Å². The smallest absolute Gasteiger partial charge is 0.333 e. The Hall–Kier alpha value is -2.05. The van der Waals surface area contributed by atoms with Gasteiger partial charge < -0.3 is 20.3 Å². The minimum absolute atomic E-state index is 0.221. The molecule has 0 aromatic heterocycles. The third-order valence-corrected chi connectivity index (χ3v) is 2.41. The van der Waals surface area contributed by atoms with E-state index in [1.807, 2.05) is 0 Å². The molecule has 0 aromatic rings. The first-order valence-electron chi connectivity index (χ1n) is 5.58. The van der Waals surface area contributed by atoms with Gasteiger partial charge in [0.25, 0.3) is 5.91 Å². The van der Waals surface area contributed by atoms with E-state index in [1.54, 1.807) is 6.92 Å². The summed E-state index contributed by atoms with van der Waals surface area (Å²) in [6.45, 7) is 7.29. The van der Waals surface area contributed by atoms with E-state index in [1.165, 1.54) is 11.8 Å². The normalized spacial score (nSPS) is 15.9. The molecule has 0 aromatic carbocycles. The number of esters is 1. The standard InChI is InChI=1S/C11H17N3O4/c1-7(2)10(16)18-6-9(15)13-8(3)14-5-4-12-11(14)17/h8H,1,4-6H2,2-3H3,(H,12,17)(H,13,15). The van der Waals surface area contributed by atoms with E-state index in [-0.39, 0.29) is 18.2 Å². The maximum atomic E-state index is 11.5. The van der Waals surface area contributed by atoms with Crippen LogP contribution in [0.3, 0.4) is 0 Å². The zero-order valence-corrected chi connectivity index (χ0v) is 10.5. The maximum Gasteiger partial charge on any atom is 0.333 e. The van der Waals surface area contributed by atoms with Gasteiger partial charge in [0.05, 0.1) is 0 Å². The minimum Gasteiger partial charge on any atom is -0.452 e. The van der Waals surface area contributed by atoms with Crippen LogP contribution in [-0.2, 0) is 14.3 Å². The molecule has 1 fully saturated rings. The van der Waals surface area contributed by atoms with Crippen molar-refractivity contribution in [3.8, 4) is 0 Å². The Balaban J connectivity index is 2.33. The molecule has 1 unspecified atom stereocenters. The fourth-order valence-electron chi connectivity index (χ4n) is 1.46. The third-order valence-electron chi connectivity index (χ3n) is 2.41. The van der Waals surface area contributed by atoms with Gasteiger partial charge in [-0.1, -0.05) is 6.58 Å². The van der Waals surface area contributed by atoms with Crippen molar-refractivity contribution in [2.75, 3.05) is 19.7 Å². The average molecular weight is 255 g/mol. The van der Waals surface area contributed by atoms with E-state index >= 15 is 0 Å². The predicted octanol–water partition coefficient (Wildman–Crippen LogP) is -0.407. The van der Waals surface area contributed by atoms with Crippen molar-refractivity contribution in [2.45, 2.75) is 20.0 Å². The van der Waals surface area contributed by atoms with E-state index in [0.29, 0.717) is 13.1 Å². The first-order valence-corrected chi connectivity index (χ1v) is 5.58. The number of amides is 3. The summed E-state index contributed by atoms with van der Waals surface area (Å²) in [5, 5.41) is 5.19. The quantitative estimate of drug-likeness (QED) is 0.516. The number of urea groups is 1. The zero-order valence-electron chi connectivity index (χ0n) is 10.5. The van der Waals surface area contributed by atoms with E-state index in [0.717, 1.165) is 0 Å². The Morgan fingerprint density at radius 2 is 2.28 bits per heavy atom. The minimum atomic E-state index is -0.614. The highest BCUT2D eigenvalue weighted by Gasteiger charge is 2.25. The van der Waals surface area contributed by atoms with Gasteiger partial charge >= 0.3 is 12.0 Å². The van der Waals surface area contributed by atoms with Crippen LogP contribution in [0.5, 0.6) is 0 Å². The van der Waals surface area contributed by atoms with Crippen LogP contribution in [0, 0.1) is 0 Å². The Labute approximate surface area is 105 Å². The molecule has 1 aliphatic rings. The molecule has 0 radical (unpaired) electrons. The summed E-state index contributed by atoms with van der Waals surface area (Å²) in [5.74, 6) is -1.08. The summed E-state index contributed by atoms with van der Waals surface area (Å²) >= 11 is 0. The molecule has 1 aliphatic heterocycles. The number of hydrogen-bond donors (Lipinski definition) is 2. The Bertz CT molecular complexity index is 380. The van der Waals surface area contributed by atoms with Gasteiger partial charge in [0.15, 0.2) is 6.61 Å². The van der Waals surface area contributed by atoms with Crippen molar-refractivity contribution < 1.29 is 19.1 Å². The molecule has 0 bridgehead atoms. The Kier molecular flexibility index (Phi) is 4.70. The van der Waals surface area contributed by atoms with Gasteiger partial charge in [0, 0.05) is 18.7 Å². The first-order chi connectivity index (χ1) is 8.41. The molecular weight excluding hydrogens is 238 g/mol. The monoisotopic (exact) mass is 255 g/mol. The summed E-state index contributed by atoms with van der Waals surface area (Å²) in [6, 6.07) is -0.221. The van der Waals surface area contributed by atoms with Crippen molar-refractivity contribution in [1.29, 1.82) is 0 Å². The van der Waals surface area contributed by atoms with E-state index in [2.05, 4.69) is 21.9 Å². The molecule has 1 atom stereocenters. The van der Waals surface area contributed by atoms with Gasteiger partial charge in [-0.2, -0.15) is 0 Å². The number of ether oxygens (including phenoxy) is 1. The lowest BCUT2D eigenvalue weighted by Gasteiger charge is -2.23. The van der Waals surface area contributed by atoms with Gasteiger partial charge in [0.1, 0.15) is 6.17 Å². The van der Waals surface area contributed by atoms with E-state index in [9.17, 15) is 14.4 Å². The van der Waals surface area contributed by atoms with Gasteiger partial charge in [-0.05, 0) is 13.8 Å². The van der Waals surface area contributed by atoms with Gasteiger partial charge in [0.2, 0.25) is 0 Å². The average Bonchev–Trinajstić information content (AvgIpc) is 2.72. The predicted molar refractivity (Wildman–Crippen MR) is 63.5 cm³/mol. The van der Waals surface area contributed by atoms with Gasteiger partial charge in [-0.25, -0.2) is 9.59 Å². The second kappa shape index (κ2) is 6.04. The van der Waals surface area contributed by atoms with Crippen LogP contribution in [0.25, 0.3) is 0 Å². The SMILES string of the molecule is C=C(C)C(=O)OCC(=O)NC(C)N1CCNC1=O. The van der Waals surface area contributed by atoms with Crippen LogP contribution in [0.4, 0.5) is 4.79 Å². The third kappa shape index (κ3) is 3.76. The summed E-state index contributed by atoms with van der Waals surface area (Å²) in [7, 11) is 0. The Morgan fingerprint density at radius 3 is 2.78 bits per heavy atom. The van der Waals surface area contributed by atoms with Gasteiger partial charge in [-0.15, -0.1) is 0 Å². The van der Waals surface area contributed by atoms with Crippen molar-refractivity contribution in [2.24, 2.45) is 0 Å². The van der Waals surface area contributed by atoms with Crippen LogP contribution in [0.1, 0.15) is 13.8 Å². The van der Waals surface area contributed by atoms with Crippen molar-refractivity contribution in [1.82, 2.24) is 15.5 Å². The molecule has 100 valence electrons. The number of nitrogens with one attached hydrogen (secondary N) is 2. The van der Waals surface area contributed by atoms with Gasteiger partial charge in [-0.3, -0.25) is 4.79 Å². The fourth-order valence-corrected chi connectivity index (χ4v) is 1.46. The number of carbonyl (C=O) groups is 3. The van der Waals surface area contributed by atoms with E-state index < -0.39 is 18.0 Å². The summed E-state index contributed by atoms with van der Waals surface area (Å²) in [5.41, 5.74) is 0.231.